The Bertz CT molecular complexity index is 388. The van der Waals surface area contributed by atoms with Crippen molar-refractivity contribution in [2.24, 2.45) is 11.7 Å². The van der Waals surface area contributed by atoms with Crippen LogP contribution in [0.25, 0.3) is 0 Å². The maximum absolute atomic E-state index is 12.8. The molecule has 0 unspecified atom stereocenters. The minimum Gasteiger partial charge on any atom is -0.494 e. The largest absolute Gasteiger partial charge is 0.494 e. The highest BCUT2D eigenvalue weighted by Gasteiger charge is 2.33. The van der Waals surface area contributed by atoms with E-state index in [1.54, 1.807) is 0 Å². The first kappa shape index (κ1) is 14.8. The zero-order valence-corrected chi connectivity index (χ0v) is 10.6. The number of nitrogens with two attached hydrogens (primary N) is 1. The van der Waals surface area contributed by atoms with Crippen molar-refractivity contribution in [2.75, 3.05) is 6.61 Å². The van der Waals surface area contributed by atoms with Crippen molar-refractivity contribution in [3.63, 3.8) is 0 Å². The summed E-state index contributed by atoms with van der Waals surface area (Å²) in [5, 5.41) is 0. The fraction of sp³-hybridized carbons (Fsp3) is 0.538. The first-order valence-corrected chi connectivity index (χ1v) is 5.87. The molecule has 0 bridgehead atoms. The van der Waals surface area contributed by atoms with Crippen LogP contribution in [0.2, 0.25) is 0 Å². The summed E-state index contributed by atoms with van der Waals surface area (Å²) >= 11 is 0. The minimum absolute atomic E-state index is 0.0821. The average Bonchev–Trinajstić information content (AvgIpc) is 2.27. The normalized spacial score (nSPS) is 11.9. The highest BCUT2D eigenvalue weighted by molar-refractivity contribution is 5.37. The van der Waals surface area contributed by atoms with Crippen molar-refractivity contribution in [3.05, 3.63) is 29.3 Å². The summed E-state index contributed by atoms with van der Waals surface area (Å²) in [6, 6.07) is 3.91. The van der Waals surface area contributed by atoms with Crippen LogP contribution in [0.1, 0.15) is 31.4 Å². The molecular weight excluding hydrogens is 243 g/mol. The van der Waals surface area contributed by atoms with Crippen molar-refractivity contribution in [1.82, 2.24) is 0 Å². The first-order valence-electron chi connectivity index (χ1n) is 5.87. The highest BCUT2D eigenvalue weighted by atomic mass is 19.4. The maximum Gasteiger partial charge on any atom is 0.416 e. The molecular formula is C13H18F3NO. The second kappa shape index (κ2) is 6.09. The quantitative estimate of drug-likeness (QED) is 0.879. The van der Waals surface area contributed by atoms with Gasteiger partial charge < -0.3 is 10.5 Å². The Morgan fingerprint density at radius 1 is 1.28 bits per heavy atom. The summed E-state index contributed by atoms with van der Waals surface area (Å²) in [7, 11) is 0. The van der Waals surface area contributed by atoms with Crippen LogP contribution in [-0.2, 0) is 12.7 Å². The van der Waals surface area contributed by atoms with E-state index in [-0.39, 0.29) is 17.9 Å². The fourth-order valence-electron chi connectivity index (χ4n) is 1.50. The van der Waals surface area contributed by atoms with Crippen LogP contribution in [0.3, 0.4) is 0 Å². The maximum atomic E-state index is 12.8. The molecule has 5 heteroatoms. The van der Waals surface area contributed by atoms with Crippen LogP contribution in [0.15, 0.2) is 18.2 Å². The summed E-state index contributed by atoms with van der Waals surface area (Å²) < 4.78 is 43.6. The van der Waals surface area contributed by atoms with E-state index in [2.05, 4.69) is 0 Å². The molecule has 2 nitrogen and oxygen atoms in total. The van der Waals surface area contributed by atoms with Gasteiger partial charge in [-0.25, -0.2) is 0 Å². The Morgan fingerprint density at radius 2 is 1.94 bits per heavy atom. The molecule has 0 radical (unpaired) electrons. The second-order valence-electron chi connectivity index (χ2n) is 4.55. The van der Waals surface area contributed by atoms with E-state index in [0.717, 1.165) is 12.5 Å². The van der Waals surface area contributed by atoms with Crippen molar-refractivity contribution in [1.29, 1.82) is 0 Å². The standard InChI is InChI=1S/C13H18F3NO/c1-9(2)5-6-18-11-4-3-10(8-17)12(7-11)13(14,15)16/h3-4,7,9H,5-6,8,17H2,1-2H3. The van der Waals surface area contributed by atoms with Crippen LogP contribution in [-0.4, -0.2) is 6.61 Å². The second-order valence-corrected chi connectivity index (χ2v) is 4.55. The van der Waals surface area contributed by atoms with Gasteiger partial charge in [-0.15, -0.1) is 0 Å². The number of hydrogen-bond acceptors (Lipinski definition) is 2. The summed E-state index contributed by atoms with van der Waals surface area (Å²) in [5.74, 6) is 0.690. The monoisotopic (exact) mass is 261 g/mol. The lowest BCUT2D eigenvalue weighted by atomic mass is 10.1. The number of hydrogen-bond donors (Lipinski definition) is 1. The van der Waals surface area contributed by atoms with Crippen molar-refractivity contribution >= 4 is 0 Å². The predicted octanol–water partition coefficient (Wildman–Crippen LogP) is 3.59. The molecule has 102 valence electrons. The van der Waals surface area contributed by atoms with Gasteiger partial charge in [0.05, 0.1) is 12.2 Å². The molecule has 0 heterocycles. The van der Waals surface area contributed by atoms with E-state index in [9.17, 15) is 13.2 Å². The third-order valence-corrected chi connectivity index (χ3v) is 2.57. The van der Waals surface area contributed by atoms with E-state index in [1.165, 1.54) is 12.1 Å². The Morgan fingerprint density at radius 3 is 2.44 bits per heavy atom. The highest BCUT2D eigenvalue weighted by Crippen LogP contribution is 2.34. The lowest BCUT2D eigenvalue weighted by molar-refractivity contribution is -0.138. The van der Waals surface area contributed by atoms with E-state index in [4.69, 9.17) is 10.5 Å². The lowest BCUT2D eigenvalue weighted by Gasteiger charge is -2.14. The van der Waals surface area contributed by atoms with Crippen LogP contribution in [0.5, 0.6) is 5.75 Å². The number of halogens is 3. The molecule has 1 rings (SSSR count). The van der Waals surface area contributed by atoms with Crippen molar-refractivity contribution in [3.8, 4) is 5.75 Å². The van der Waals surface area contributed by atoms with Gasteiger partial charge in [0.1, 0.15) is 5.75 Å². The van der Waals surface area contributed by atoms with Gasteiger partial charge in [0, 0.05) is 6.54 Å². The van der Waals surface area contributed by atoms with Crippen molar-refractivity contribution < 1.29 is 17.9 Å². The lowest BCUT2D eigenvalue weighted by Crippen LogP contribution is -2.12. The third-order valence-electron chi connectivity index (χ3n) is 2.57. The van der Waals surface area contributed by atoms with Crippen LogP contribution in [0, 0.1) is 5.92 Å². The van der Waals surface area contributed by atoms with Crippen LogP contribution < -0.4 is 10.5 Å². The van der Waals surface area contributed by atoms with Gasteiger partial charge >= 0.3 is 6.18 Å². The topological polar surface area (TPSA) is 35.2 Å². The molecule has 0 atom stereocenters. The Balaban J connectivity index is 2.83. The summed E-state index contributed by atoms with van der Waals surface area (Å²) in [6.07, 6.45) is -3.59. The molecule has 1 aromatic rings. The molecule has 0 amide bonds. The molecule has 0 saturated carbocycles. The fourth-order valence-corrected chi connectivity index (χ4v) is 1.50. The van der Waals surface area contributed by atoms with E-state index >= 15 is 0 Å². The molecule has 0 aliphatic heterocycles. The number of rotatable bonds is 5. The van der Waals surface area contributed by atoms with Crippen LogP contribution >= 0.6 is 0 Å². The molecule has 0 aliphatic rings. The number of benzene rings is 1. The SMILES string of the molecule is CC(C)CCOc1ccc(CN)c(C(F)(F)F)c1. The van der Waals surface area contributed by atoms with Gasteiger partial charge in [-0.3, -0.25) is 0 Å². The minimum atomic E-state index is -4.40. The van der Waals surface area contributed by atoms with Crippen molar-refractivity contribution in [2.45, 2.75) is 33.0 Å². The van der Waals surface area contributed by atoms with Gasteiger partial charge in [0.25, 0.3) is 0 Å². The van der Waals surface area contributed by atoms with E-state index < -0.39 is 11.7 Å². The molecule has 0 fully saturated rings. The molecule has 0 aromatic heterocycles. The molecule has 0 aliphatic carbocycles. The molecule has 18 heavy (non-hydrogen) atoms. The molecule has 2 N–H and O–H groups in total. The van der Waals surface area contributed by atoms with E-state index in [1.807, 2.05) is 13.8 Å². The summed E-state index contributed by atoms with van der Waals surface area (Å²) in [4.78, 5) is 0. The first-order chi connectivity index (χ1) is 8.34. The number of ether oxygens (including phenoxy) is 1. The zero-order valence-electron chi connectivity index (χ0n) is 10.6. The van der Waals surface area contributed by atoms with Gasteiger partial charge in [0.15, 0.2) is 0 Å². The Hall–Kier alpha value is -1.23. The molecule has 1 aromatic carbocycles. The predicted molar refractivity (Wildman–Crippen MR) is 64.3 cm³/mol. The molecule has 0 saturated heterocycles. The number of alkyl halides is 3. The van der Waals surface area contributed by atoms with Gasteiger partial charge in [-0.2, -0.15) is 13.2 Å². The summed E-state index contributed by atoms with van der Waals surface area (Å²) in [6.45, 7) is 4.34. The van der Waals surface area contributed by atoms with Gasteiger partial charge in [0.2, 0.25) is 0 Å². The Kier molecular flexibility index (Phi) is 5.02. The van der Waals surface area contributed by atoms with E-state index in [0.29, 0.717) is 12.5 Å². The Labute approximate surface area is 105 Å². The van der Waals surface area contributed by atoms with Crippen LogP contribution in [0.4, 0.5) is 13.2 Å². The third kappa shape index (κ3) is 4.22. The summed E-state index contributed by atoms with van der Waals surface area (Å²) in [5.41, 5.74) is 4.66. The average molecular weight is 261 g/mol. The molecule has 0 spiro atoms. The zero-order chi connectivity index (χ0) is 13.8. The van der Waals surface area contributed by atoms with Gasteiger partial charge in [-0.1, -0.05) is 19.9 Å². The van der Waals surface area contributed by atoms with Gasteiger partial charge in [-0.05, 0) is 30.0 Å². The smallest absolute Gasteiger partial charge is 0.416 e.